The van der Waals surface area contributed by atoms with Crippen LogP contribution in [0.25, 0.3) is 0 Å². The van der Waals surface area contributed by atoms with E-state index in [9.17, 15) is 0 Å². The lowest BCUT2D eigenvalue weighted by atomic mass is 10.6. The van der Waals surface area contributed by atoms with Crippen LogP contribution in [0.15, 0.2) is 0 Å². The van der Waals surface area contributed by atoms with Crippen LogP contribution in [0.5, 0.6) is 0 Å². The molecule has 0 aliphatic heterocycles. The molecule has 0 unspecified atom stereocenters. The molecule has 0 rings (SSSR count). The van der Waals surface area contributed by atoms with Gasteiger partial charge in [0.2, 0.25) is 0 Å². The Morgan fingerprint density at radius 2 is 1.00 bits per heavy atom. The topological polar surface area (TPSA) is 0 Å². The molecule has 0 bridgehead atoms. The number of hydrogen-bond donors (Lipinski definition) is 2. The molecule has 0 aliphatic carbocycles. The van der Waals surface area contributed by atoms with Crippen LogP contribution in [0.1, 0.15) is 26.7 Å². The SMILES string of the molecule is CCCS.CCCS. The Bertz CT molecular complexity index is 14.5. The number of thiol groups is 2. The highest BCUT2D eigenvalue weighted by Crippen LogP contribution is 1.75. The van der Waals surface area contributed by atoms with Crippen molar-refractivity contribution >= 4 is 25.3 Å². The van der Waals surface area contributed by atoms with Crippen LogP contribution in [-0.4, -0.2) is 11.5 Å². The van der Waals surface area contributed by atoms with Gasteiger partial charge in [-0.3, -0.25) is 0 Å². The van der Waals surface area contributed by atoms with Crippen LogP contribution in [0.2, 0.25) is 0 Å². The lowest BCUT2D eigenvalue weighted by Crippen LogP contribution is -1.56. The summed E-state index contributed by atoms with van der Waals surface area (Å²) in [5, 5.41) is 0. The average Bonchev–Trinajstić information content (AvgIpc) is 1.88. The number of hydrogen-bond acceptors (Lipinski definition) is 2. The van der Waals surface area contributed by atoms with Crippen molar-refractivity contribution in [1.29, 1.82) is 0 Å². The van der Waals surface area contributed by atoms with Gasteiger partial charge >= 0.3 is 0 Å². The van der Waals surface area contributed by atoms with Gasteiger partial charge in [0.1, 0.15) is 0 Å². The van der Waals surface area contributed by atoms with Crippen LogP contribution in [0, 0.1) is 0 Å². The normalized spacial score (nSPS) is 7.50. The van der Waals surface area contributed by atoms with Gasteiger partial charge in [0.25, 0.3) is 0 Å². The van der Waals surface area contributed by atoms with Crippen LogP contribution < -0.4 is 0 Å². The minimum Gasteiger partial charge on any atom is -0.179 e. The molecule has 0 nitrogen and oxygen atoms in total. The molecule has 0 saturated heterocycles. The van der Waals surface area contributed by atoms with E-state index >= 15 is 0 Å². The monoisotopic (exact) mass is 152 g/mol. The number of rotatable bonds is 2. The summed E-state index contributed by atoms with van der Waals surface area (Å²) in [5.41, 5.74) is 0. The van der Waals surface area contributed by atoms with Crippen molar-refractivity contribution in [2.45, 2.75) is 26.7 Å². The minimum absolute atomic E-state index is 1.01. The zero-order chi connectivity index (χ0) is 6.83. The first-order chi connectivity index (χ1) is 3.83. The third-order valence-electron chi connectivity index (χ3n) is 0.447. The van der Waals surface area contributed by atoms with Crippen molar-refractivity contribution in [2.75, 3.05) is 11.5 Å². The summed E-state index contributed by atoms with van der Waals surface area (Å²) >= 11 is 7.84. The van der Waals surface area contributed by atoms with Gasteiger partial charge in [0, 0.05) is 0 Å². The molecule has 2 heteroatoms. The summed E-state index contributed by atoms with van der Waals surface area (Å²) in [4.78, 5) is 0. The van der Waals surface area contributed by atoms with Crippen LogP contribution in [0.3, 0.4) is 0 Å². The summed E-state index contributed by atoms with van der Waals surface area (Å²) in [7, 11) is 0. The van der Waals surface area contributed by atoms with Gasteiger partial charge in [-0.05, 0) is 24.3 Å². The Kier molecular flexibility index (Phi) is 22.5. The van der Waals surface area contributed by atoms with E-state index in [2.05, 4.69) is 39.1 Å². The average molecular weight is 152 g/mol. The summed E-state index contributed by atoms with van der Waals surface area (Å²) in [6, 6.07) is 0. The van der Waals surface area contributed by atoms with Crippen molar-refractivity contribution in [3.63, 3.8) is 0 Å². The van der Waals surface area contributed by atoms with Gasteiger partial charge in [0.15, 0.2) is 0 Å². The predicted octanol–water partition coefficient (Wildman–Crippen LogP) is 2.65. The molecule has 0 amide bonds. The first-order valence-electron chi connectivity index (χ1n) is 3.05. The van der Waals surface area contributed by atoms with Crippen molar-refractivity contribution in [3.8, 4) is 0 Å². The Labute approximate surface area is 63.9 Å². The Balaban J connectivity index is 0. The van der Waals surface area contributed by atoms with Gasteiger partial charge in [-0.1, -0.05) is 13.8 Å². The second kappa shape index (κ2) is 15.6. The summed E-state index contributed by atoms with van der Waals surface area (Å²) in [5.74, 6) is 2.03. The second-order valence-electron chi connectivity index (χ2n) is 1.45. The maximum atomic E-state index is 3.92. The van der Waals surface area contributed by atoms with Crippen molar-refractivity contribution in [3.05, 3.63) is 0 Å². The summed E-state index contributed by atoms with van der Waals surface area (Å²) < 4.78 is 0. The first kappa shape index (κ1) is 11.5. The van der Waals surface area contributed by atoms with Crippen molar-refractivity contribution in [1.82, 2.24) is 0 Å². The summed E-state index contributed by atoms with van der Waals surface area (Å²) in [6.07, 6.45) is 2.37. The molecule has 0 aromatic carbocycles. The molecule has 0 radical (unpaired) electrons. The van der Waals surface area contributed by atoms with Crippen LogP contribution in [-0.2, 0) is 0 Å². The molecule has 8 heavy (non-hydrogen) atoms. The molecule has 0 spiro atoms. The van der Waals surface area contributed by atoms with Gasteiger partial charge in [-0.2, -0.15) is 25.3 Å². The van der Waals surface area contributed by atoms with E-state index < -0.39 is 0 Å². The first-order valence-corrected chi connectivity index (χ1v) is 4.31. The highest BCUT2D eigenvalue weighted by atomic mass is 32.1. The Morgan fingerprint density at radius 1 is 0.875 bits per heavy atom. The zero-order valence-electron chi connectivity index (χ0n) is 5.72. The van der Waals surface area contributed by atoms with Crippen molar-refractivity contribution in [2.24, 2.45) is 0 Å². The van der Waals surface area contributed by atoms with E-state index in [1.165, 1.54) is 12.8 Å². The molecule has 0 aromatic rings. The van der Waals surface area contributed by atoms with E-state index in [1.807, 2.05) is 0 Å². The van der Waals surface area contributed by atoms with Gasteiger partial charge in [-0.25, -0.2) is 0 Å². The largest absolute Gasteiger partial charge is 0.179 e. The molecule has 0 fully saturated rings. The molecular formula is C6H16S2. The zero-order valence-corrected chi connectivity index (χ0v) is 7.51. The molecule has 0 aliphatic rings. The predicted molar refractivity (Wildman–Crippen MR) is 48.3 cm³/mol. The van der Waals surface area contributed by atoms with Crippen LogP contribution in [0.4, 0.5) is 0 Å². The lowest BCUT2D eigenvalue weighted by Gasteiger charge is -1.67. The van der Waals surface area contributed by atoms with E-state index in [-0.39, 0.29) is 0 Å². The fourth-order valence-corrected chi connectivity index (χ4v) is 0. The maximum Gasteiger partial charge on any atom is -0.0101 e. The Hall–Kier alpha value is 0.700. The van der Waals surface area contributed by atoms with Gasteiger partial charge in [-0.15, -0.1) is 0 Å². The highest BCUT2D eigenvalue weighted by molar-refractivity contribution is 7.80. The Morgan fingerprint density at radius 3 is 1.00 bits per heavy atom. The quantitative estimate of drug-likeness (QED) is 0.558. The molecule has 0 N–H and O–H groups in total. The molecule has 0 atom stereocenters. The molecular weight excluding hydrogens is 136 g/mol. The van der Waals surface area contributed by atoms with Crippen molar-refractivity contribution < 1.29 is 0 Å². The van der Waals surface area contributed by atoms with Crippen LogP contribution >= 0.6 is 25.3 Å². The minimum atomic E-state index is 1.01. The third-order valence-corrected chi connectivity index (χ3v) is 1.34. The molecule has 0 heterocycles. The molecule has 0 saturated carbocycles. The third kappa shape index (κ3) is 29.9. The molecule has 0 aromatic heterocycles. The highest BCUT2D eigenvalue weighted by Gasteiger charge is 1.57. The van der Waals surface area contributed by atoms with E-state index in [4.69, 9.17) is 0 Å². The lowest BCUT2D eigenvalue weighted by molar-refractivity contribution is 1.11. The smallest absolute Gasteiger partial charge is 0.0101 e. The maximum absolute atomic E-state index is 3.92. The van der Waals surface area contributed by atoms with E-state index in [1.54, 1.807) is 0 Å². The molecule has 52 valence electrons. The van der Waals surface area contributed by atoms with E-state index in [0.29, 0.717) is 0 Å². The second-order valence-corrected chi connectivity index (χ2v) is 2.34. The fourth-order valence-electron chi connectivity index (χ4n) is 0. The summed E-state index contributed by atoms with van der Waals surface area (Å²) in [6.45, 7) is 4.21. The standard InChI is InChI=1S/2C3H8S/c2*1-2-3-4/h2*4H,2-3H2,1H3. The fraction of sp³-hybridized carbons (Fsp3) is 1.00. The van der Waals surface area contributed by atoms with E-state index in [0.717, 1.165) is 11.5 Å². The van der Waals surface area contributed by atoms with Gasteiger partial charge in [0.05, 0.1) is 0 Å². The van der Waals surface area contributed by atoms with Gasteiger partial charge < -0.3 is 0 Å².